The molecule has 0 aliphatic rings. The Hall–Kier alpha value is -0.570. The monoisotopic (exact) mass is 346 g/mol. The number of alkyl halides is 1. The molecule has 0 bridgehead atoms. The molecule has 4 heteroatoms. The van der Waals surface area contributed by atoms with Crippen molar-refractivity contribution in [2.24, 2.45) is 0 Å². The molecule has 0 amide bonds. The number of hydrogen-bond donors (Lipinski definition) is 0. The highest BCUT2D eigenvalue weighted by Gasteiger charge is 2.15. The van der Waals surface area contributed by atoms with E-state index in [2.05, 4.69) is 15.9 Å². The molecule has 1 unspecified atom stereocenters. The van der Waals surface area contributed by atoms with Crippen LogP contribution in [0.1, 0.15) is 16.0 Å². The van der Waals surface area contributed by atoms with Gasteiger partial charge in [-0.25, -0.2) is 4.39 Å². The van der Waals surface area contributed by atoms with Gasteiger partial charge in [0.15, 0.2) is 0 Å². The zero-order valence-electron chi connectivity index (χ0n) is 9.34. The molecule has 18 heavy (non-hydrogen) atoms. The maximum Gasteiger partial charge on any atom is 0.146 e. The lowest BCUT2D eigenvalue weighted by Crippen LogP contribution is -1.99. The second-order valence-electron chi connectivity index (χ2n) is 3.94. The van der Waals surface area contributed by atoms with E-state index in [0.29, 0.717) is 17.0 Å². The minimum Gasteiger partial charge on any atom is -0.205 e. The summed E-state index contributed by atoms with van der Waals surface area (Å²) in [5.74, 6) is -0.372. The lowest BCUT2D eigenvalue weighted by molar-refractivity contribution is 0.608. The molecule has 0 saturated heterocycles. The van der Waals surface area contributed by atoms with Crippen LogP contribution in [-0.2, 0) is 6.42 Å². The predicted octanol–water partition coefficient (Wildman–Crippen LogP) is 5.81. The van der Waals surface area contributed by atoms with Crippen LogP contribution in [0.15, 0.2) is 42.5 Å². The minimum absolute atomic E-state index is 0.130. The van der Waals surface area contributed by atoms with Crippen LogP contribution in [0.3, 0.4) is 0 Å². The van der Waals surface area contributed by atoms with Gasteiger partial charge >= 0.3 is 0 Å². The largest absolute Gasteiger partial charge is 0.205 e. The van der Waals surface area contributed by atoms with Gasteiger partial charge in [0.05, 0.1) is 5.02 Å². The van der Waals surface area contributed by atoms with E-state index in [1.165, 1.54) is 0 Å². The molecule has 2 aromatic rings. The lowest BCUT2D eigenvalue weighted by Gasteiger charge is -2.12. The topological polar surface area (TPSA) is 0 Å². The molecule has 0 nitrogen and oxygen atoms in total. The highest BCUT2D eigenvalue weighted by molar-refractivity contribution is 9.09. The molecular weight excluding hydrogens is 338 g/mol. The fourth-order valence-corrected chi connectivity index (χ4v) is 2.87. The second kappa shape index (κ2) is 6.05. The summed E-state index contributed by atoms with van der Waals surface area (Å²) in [5.41, 5.74) is 1.60. The van der Waals surface area contributed by atoms with Crippen LogP contribution in [0.25, 0.3) is 0 Å². The van der Waals surface area contributed by atoms with Crippen molar-refractivity contribution >= 4 is 39.1 Å². The summed E-state index contributed by atoms with van der Waals surface area (Å²) < 4.78 is 13.8. The van der Waals surface area contributed by atoms with E-state index in [-0.39, 0.29) is 15.7 Å². The summed E-state index contributed by atoms with van der Waals surface area (Å²) in [4.78, 5) is -0.130. The van der Waals surface area contributed by atoms with Crippen LogP contribution in [0, 0.1) is 5.82 Å². The molecule has 94 valence electrons. The van der Waals surface area contributed by atoms with Gasteiger partial charge < -0.3 is 0 Å². The Morgan fingerprint density at radius 3 is 2.56 bits per heavy atom. The highest BCUT2D eigenvalue weighted by atomic mass is 79.9. The van der Waals surface area contributed by atoms with Crippen molar-refractivity contribution in [1.29, 1.82) is 0 Å². The van der Waals surface area contributed by atoms with Crippen molar-refractivity contribution in [2.75, 3.05) is 0 Å². The number of halogens is 4. The Labute approximate surface area is 124 Å². The van der Waals surface area contributed by atoms with Gasteiger partial charge in [-0.2, -0.15) is 0 Å². The van der Waals surface area contributed by atoms with E-state index < -0.39 is 0 Å². The van der Waals surface area contributed by atoms with Gasteiger partial charge in [0.1, 0.15) is 5.82 Å². The van der Waals surface area contributed by atoms with Crippen LogP contribution in [-0.4, -0.2) is 0 Å². The molecule has 1 atom stereocenters. The van der Waals surface area contributed by atoms with Crippen molar-refractivity contribution in [3.05, 3.63) is 69.5 Å². The Balaban J connectivity index is 2.22. The van der Waals surface area contributed by atoms with Gasteiger partial charge in [0, 0.05) is 15.4 Å². The summed E-state index contributed by atoms with van der Waals surface area (Å²) in [6, 6.07) is 12.5. The van der Waals surface area contributed by atoms with Gasteiger partial charge in [0.25, 0.3) is 0 Å². The number of rotatable bonds is 3. The Kier molecular flexibility index (Phi) is 4.66. The molecule has 0 radical (unpaired) electrons. The Morgan fingerprint density at radius 2 is 1.83 bits per heavy atom. The predicted molar refractivity (Wildman–Crippen MR) is 78.2 cm³/mol. The SMILES string of the molecule is Fc1c(Cl)cccc1C(Br)Cc1cccc(Cl)c1. The summed E-state index contributed by atoms with van der Waals surface area (Å²) in [6.45, 7) is 0. The molecule has 0 heterocycles. The zero-order valence-corrected chi connectivity index (χ0v) is 12.4. The third kappa shape index (κ3) is 3.25. The third-order valence-corrected chi connectivity index (χ3v) is 3.97. The van der Waals surface area contributed by atoms with Crippen LogP contribution >= 0.6 is 39.1 Å². The van der Waals surface area contributed by atoms with Crippen molar-refractivity contribution in [2.45, 2.75) is 11.2 Å². The van der Waals surface area contributed by atoms with Crippen LogP contribution in [0.5, 0.6) is 0 Å². The summed E-state index contributed by atoms with van der Waals surface area (Å²) in [5, 5.41) is 0.821. The first-order valence-corrected chi connectivity index (χ1v) is 7.07. The van der Waals surface area contributed by atoms with Crippen LogP contribution in [0.4, 0.5) is 4.39 Å². The Morgan fingerprint density at radius 1 is 1.11 bits per heavy atom. The molecule has 2 rings (SSSR count). The maximum absolute atomic E-state index is 13.8. The zero-order chi connectivity index (χ0) is 13.1. The summed E-state index contributed by atoms with van der Waals surface area (Å²) >= 11 is 15.2. The van der Waals surface area contributed by atoms with E-state index in [0.717, 1.165) is 5.56 Å². The van der Waals surface area contributed by atoms with E-state index >= 15 is 0 Å². The second-order valence-corrected chi connectivity index (χ2v) is 5.89. The first kappa shape index (κ1) is 13.9. The summed E-state index contributed by atoms with van der Waals surface area (Å²) in [7, 11) is 0. The average Bonchev–Trinajstić information content (AvgIpc) is 2.32. The smallest absolute Gasteiger partial charge is 0.146 e. The van der Waals surface area contributed by atoms with Gasteiger partial charge in [-0.1, -0.05) is 63.4 Å². The van der Waals surface area contributed by atoms with E-state index in [9.17, 15) is 4.39 Å². The Bertz CT molecular complexity index is 557. The van der Waals surface area contributed by atoms with Gasteiger partial charge in [-0.05, 0) is 30.2 Å². The highest BCUT2D eigenvalue weighted by Crippen LogP contribution is 2.32. The molecule has 0 saturated carbocycles. The van der Waals surface area contributed by atoms with E-state index in [1.54, 1.807) is 18.2 Å². The molecule has 2 aromatic carbocycles. The number of benzene rings is 2. The fourth-order valence-electron chi connectivity index (χ4n) is 1.74. The van der Waals surface area contributed by atoms with Crippen molar-refractivity contribution < 1.29 is 4.39 Å². The van der Waals surface area contributed by atoms with Gasteiger partial charge in [-0.15, -0.1) is 0 Å². The fraction of sp³-hybridized carbons (Fsp3) is 0.143. The molecule has 0 spiro atoms. The van der Waals surface area contributed by atoms with Gasteiger partial charge in [-0.3, -0.25) is 0 Å². The molecule has 0 fully saturated rings. The normalized spacial score (nSPS) is 12.4. The number of hydrogen-bond acceptors (Lipinski definition) is 0. The molecular formula is C14H10BrCl2F. The van der Waals surface area contributed by atoms with Crippen molar-refractivity contribution in [1.82, 2.24) is 0 Å². The molecule has 0 aliphatic carbocycles. The van der Waals surface area contributed by atoms with E-state index in [1.807, 2.05) is 24.3 Å². The van der Waals surface area contributed by atoms with Crippen LogP contribution < -0.4 is 0 Å². The minimum atomic E-state index is -0.372. The molecule has 0 aliphatic heterocycles. The van der Waals surface area contributed by atoms with Crippen molar-refractivity contribution in [3.63, 3.8) is 0 Å². The maximum atomic E-state index is 13.8. The summed E-state index contributed by atoms with van der Waals surface area (Å²) in [6.07, 6.45) is 0.651. The molecule has 0 aromatic heterocycles. The average molecular weight is 348 g/mol. The lowest BCUT2D eigenvalue weighted by atomic mass is 10.0. The van der Waals surface area contributed by atoms with E-state index in [4.69, 9.17) is 23.2 Å². The quantitative estimate of drug-likeness (QED) is 0.614. The van der Waals surface area contributed by atoms with Crippen molar-refractivity contribution in [3.8, 4) is 0 Å². The van der Waals surface area contributed by atoms with Gasteiger partial charge in [0.2, 0.25) is 0 Å². The standard InChI is InChI=1S/C14H10BrCl2F/c15-12(8-9-3-1-4-10(16)7-9)11-5-2-6-13(17)14(11)18/h1-7,12H,8H2. The first-order valence-electron chi connectivity index (χ1n) is 5.40. The third-order valence-electron chi connectivity index (χ3n) is 2.62. The first-order chi connectivity index (χ1) is 8.58. The molecule has 0 N–H and O–H groups in total. The van der Waals surface area contributed by atoms with Crippen LogP contribution in [0.2, 0.25) is 10.0 Å².